The Morgan fingerprint density at radius 3 is 2.68 bits per heavy atom. The first kappa shape index (κ1) is 15.2. The number of rotatable bonds is 6. The third kappa shape index (κ3) is 3.08. The minimum atomic E-state index is -3.46. The number of hydrogen-bond donors (Lipinski definition) is 1. The molecule has 1 N–H and O–H groups in total. The largest absolute Gasteiger partial charge is 0.331 e. The van der Waals surface area contributed by atoms with Crippen molar-refractivity contribution in [2.24, 2.45) is 0 Å². The van der Waals surface area contributed by atoms with Gasteiger partial charge < -0.3 is 4.57 Å². The zero-order chi connectivity index (χ0) is 15.7. The van der Waals surface area contributed by atoms with Gasteiger partial charge in [0.2, 0.25) is 10.0 Å². The molecule has 0 bridgehead atoms. The molecule has 0 saturated heterocycles. The van der Waals surface area contributed by atoms with Crippen LogP contribution in [0.3, 0.4) is 0 Å². The van der Waals surface area contributed by atoms with Crippen molar-refractivity contribution >= 4 is 10.0 Å². The smallest absolute Gasteiger partial charge is 0.240 e. The number of aromatic nitrogens is 2. The van der Waals surface area contributed by atoms with Crippen molar-refractivity contribution in [2.45, 2.75) is 44.0 Å². The summed E-state index contributed by atoms with van der Waals surface area (Å²) in [5, 5.41) is 0. The van der Waals surface area contributed by atoms with E-state index in [-0.39, 0.29) is 0 Å². The minimum absolute atomic E-state index is 0.347. The molecule has 1 aromatic carbocycles. The highest BCUT2D eigenvalue weighted by Gasteiger charge is 2.28. The van der Waals surface area contributed by atoms with E-state index < -0.39 is 10.0 Å². The van der Waals surface area contributed by atoms with Crippen LogP contribution in [0.2, 0.25) is 0 Å². The number of imidazole rings is 1. The second-order valence-electron chi connectivity index (χ2n) is 5.85. The lowest BCUT2D eigenvalue weighted by atomic mass is 10.2. The van der Waals surface area contributed by atoms with Crippen molar-refractivity contribution in [2.75, 3.05) is 6.54 Å². The second kappa shape index (κ2) is 5.85. The van der Waals surface area contributed by atoms with E-state index >= 15 is 0 Å². The molecule has 118 valence electrons. The molecule has 0 aliphatic heterocycles. The van der Waals surface area contributed by atoms with Crippen LogP contribution in [0.15, 0.2) is 35.4 Å². The van der Waals surface area contributed by atoms with Crippen molar-refractivity contribution in [3.05, 3.63) is 47.5 Å². The Balaban J connectivity index is 1.68. The molecule has 22 heavy (non-hydrogen) atoms. The van der Waals surface area contributed by atoms with Crippen LogP contribution in [-0.4, -0.2) is 24.5 Å². The predicted molar refractivity (Wildman–Crippen MR) is 85.3 cm³/mol. The summed E-state index contributed by atoms with van der Waals surface area (Å²) in [6, 6.07) is 7.02. The van der Waals surface area contributed by atoms with Gasteiger partial charge in [-0.3, -0.25) is 0 Å². The van der Waals surface area contributed by atoms with Gasteiger partial charge in [0.1, 0.15) is 5.82 Å². The van der Waals surface area contributed by atoms with E-state index in [0.29, 0.717) is 23.9 Å². The van der Waals surface area contributed by atoms with E-state index in [1.54, 1.807) is 25.1 Å². The molecule has 3 rings (SSSR count). The highest BCUT2D eigenvalue weighted by atomic mass is 32.2. The maximum Gasteiger partial charge on any atom is 0.240 e. The Bertz CT molecular complexity index is 776. The van der Waals surface area contributed by atoms with E-state index in [2.05, 4.69) is 14.3 Å². The van der Waals surface area contributed by atoms with Gasteiger partial charge in [-0.1, -0.05) is 18.2 Å². The molecule has 1 heterocycles. The molecule has 1 aliphatic carbocycles. The summed E-state index contributed by atoms with van der Waals surface area (Å²) in [5.41, 5.74) is 1.84. The normalized spacial score (nSPS) is 15.2. The molecule has 1 aromatic heterocycles. The Labute approximate surface area is 131 Å². The monoisotopic (exact) mass is 319 g/mol. The fourth-order valence-electron chi connectivity index (χ4n) is 2.67. The van der Waals surface area contributed by atoms with Crippen molar-refractivity contribution < 1.29 is 8.42 Å². The van der Waals surface area contributed by atoms with Crippen LogP contribution in [0, 0.1) is 13.8 Å². The molecule has 6 heteroatoms. The predicted octanol–water partition coefficient (Wildman–Crippen LogP) is 2.36. The summed E-state index contributed by atoms with van der Waals surface area (Å²) < 4.78 is 29.5. The fourth-order valence-corrected chi connectivity index (χ4v) is 3.93. The number of aryl methyl sites for hydroxylation is 2. The number of sulfonamides is 1. The molecule has 0 radical (unpaired) electrons. The van der Waals surface area contributed by atoms with Gasteiger partial charge in [-0.15, -0.1) is 0 Å². The summed E-state index contributed by atoms with van der Waals surface area (Å²) in [4.78, 5) is 4.80. The number of hydrogen-bond acceptors (Lipinski definition) is 3. The van der Waals surface area contributed by atoms with Crippen LogP contribution < -0.4 is 4.72 Å². The van der Waals surface area contributed by atoms with E-state index in [1.807, 2.05) is 19.2 Å². The fraction of sp³-hybridized carbons (Fsp3) is 0.438. The van der Waals surface area contributed by atoms with Gasteiger partial charge in [0.25, 0.3) is 0 Å². The van der Waals surface area contributed by atoms with E-state index in [4.69, 9.17) is 0 Å². The van der Waals surface area contributed by atoms with Crippen molar-refractivity contribution in [1.82, 2.24) is 14.3 Å². The molecule has 0 atom stereocenters. The van der Waals surface area contributed by atoms with Crippen LogP contribution in [-0.2, 0) is 16.6 Å². The second-order valence-corrected chi connectivity index (χ2v) is 7.58. The van der Waals surface area contributed by atoms with Crippen LogP contribution in [0.1, 0.15) is 35.8 Å². The van der Waals surface area contributed by atoms with Gasteiger partial charge in [-0.2, -0.15) is 0 Å². The topological polar surface area (TPSA) is 64.0 Å². The maximum absolute atomic E-state index is 12.4. The summed E-state index contributed by atoms with van der Waals surface area (Å²) in [7, 11) is -3.46. The molecule has 0 unspecified atom stereocenters. The Hall–Kier alpha value is -1.66. The van der Waals surface area contributed by atoms with E-state index in [0.717, 1.165) is 17.1 Å². The lowest BCUT2D eigenvalue weighted by Crippen LogP contribution is -2.28. The Morgan fingerprint density at radius 1 is 1.27 bits per heavy atom. The number of nitrogens with one attached hydrogen (secondary N) is 1. The van der Waals surface area contributed by atoms with Crippen LogP contribution in [0.5, 0.6) is 0 Å². The average molecular weight is 319 g/mol. The molecule has 1 fully saturated rings. The lowest BCUT2D eigenvalue weighted by Gasteiger charge is -2.12. The summed E-state index contributed by atoms with van der Waals surface area (Å²) in [6.45, 7) is 4.80. The average Bonchev–Trinajstić information content (AvgIpc) is 3.25. The minimum Gasteiger partial charge on any atom is -0.331 e. The summed E-state index contributed by atoms with van der Waals surface area (Å²) >= 11 is 0. The first-order valence-corrected chi connectivity index (χ1v) is 9.04. The number of benzene rings is 1. The highest BCUT2D eigenvalue weighted by molar-refractivity contribution is 7.89. The molecule has 0 spiro atoms. The van der Waals surface area contributed by atoms with Gasteiger partial charge in [0, 0.05) is 30.9 Å². The Morgan fingerprint density at radius 2 is 2.00 bits per heavy atom. The van der Waals surface area contributed by atoms with Gasteiger partial charge in [-0.05, 0) is 38.3 Å². The zero-order valence-electron chi connectivity index (χ0n) is 12.9. The van der Waals surface area contributed by atoms with E-state index in [9.17, 15) is 8.42 Å². The molecule has 1 saturated carbocycles. The standard InChI is InChI=1S/C16H21N3O2S/c1-12-5-3-4-6-15(12)22(20,21)18-9-10-19-13(2)11-17-16(19)14-7-8-14/h3-6,11,14,18H,7-10H2,1-2H3. The summed E-state index contributed by atoms with van der Waals surface area (Å²) in [6.07, 6.45) is 4.24. The highest BCUT2D eigenvalue weighted by Crippen LogP contribution is 2.39. The lowest BCUT2D eigenvalue weighted by molar-refractivity contribution is 0.566. The zero-order valence-corrected chi connectivity index (χ0v) is 13.7. The van der Waals surface area contributed by atoms with Crippen LogP contribution in [0.4, 0.5) is 0 Å². The first-order valence-electron chi connectivity index (χ1n) is 7.56. The molecule has 1 aliphatic rings. The van der Waals surface area contributed by atoms with Crippen LogP contribution >= 0.6 is 0 Å². The molecule has 5 nitrogen and oxygen atoms in total. The summed E-state index contributed by atoms with van der Waals surface area (Å²) in [5.74, 6) is 1.65. The van der Waals surface area contributed by atoms with Crippen molar-refractivity contribution in [1.29, 1.82) is 0 Å². The van der Waals surface area contributed by atoms with Crippen molar-refractivity contribution in [3.8, 4) is 0 Å². The third-order valence-electron chi connectivity index (χ3n) is 4.04. The Kier molecular flexibility index (Phi) is 4.06. The van der Waals surface area contributed by atoms with Gasteiger partial charge in [0.15, 0.2) is 0 Å². The molecule has 2 aromatic rings. The van der Waals surface area contributed by atoms with Gasteiger partial charge >= 0.3 is 0 Å². The maximum atomic E-state index is 12.4. The van der Waals surface area contributed by atoms with E-state index in [1.165, 1.54) is 12.8 Å². The molecular weight excluding hydrogens is 298 g/mol. The molecule has 0 amide bonds. The quantitative estimate of drug-likeness (QED) is 0.889. The van der Waals surface area contributed by atoms with Crippen molar-refractivity contribution in [3.63, 3.8) is 0 Å². The molecular formula is C16H21N3O2S. The van der Waals surface area contributed by atoms with Crippen LogP contribution in [0.25, 0.3) is 0 Å². The first-order chi connectivity index (χ1) is 10.5. The van der Waals surface area contributed by atoms with Gasteiger partial charge in [0.05, 0.1) is 4.90 Å². The third-order valence-corrected chi connectivity index (χ3v) is 5.66. The SMILES string of the molecule is Cc1ccccc1S(=O)(=O)NCCn1c(C)cnc1C1CC1. The number of nitrogens with zero attached hydrogens (tertiary/aromatic N) is 2. The van der Waals surface area contributed by atoms with Gasteiger partial charge in [-0.25, -0.2) is 18.1 Å².